The maximum Gasteiger partial charge on any atom is 0.321 e. The topological polar surface area (TPSA) is 121 Å². The number of anilines is 2. The molecule has 0 atom stereocenters. The van der Waals surface area contributed by atoms with Gasteiger partial charge in [-0.3, -0.25) is 9.78 Å². The predicted molar refractivity (Wildman–Crippen MR) is 111 cm³/mol. The maximum absolute atomic E-state index is 12.6. The minimum atomic E-state index is -3.62. The van der Waals surface area contributed by atoms with E-state index in [-0.39, 0.29) is 49.6 Å². The standard InChI is InChI=1S/C19H23N5O5S/c1-29-14-18(25)21-15-4-6-16(7-5-15)22-19(26)23-9-11-24(12-10-23)30(27,28)17-3-2-8-20-13-17/h2-8,13H,9-12,14H2,1H3,(H,21,25)(H,22,26). The highest BCUT2D eigenvalue weighted by Crippen LogP contribution is 2.18. The number of hydrogen-bond acceptors (Lipinski definition) is 6. The van der Waals surface area contributed by atoms with Crippen molar-refractivity contribution in [3.63, 3.8) is 0 Å². The number of ether oxygens (including phenoxy) is 1. The van der Waals surface area contributed by atoms with E-state index in [4.69, 9.17) is 4.74 Å². The summed E-state index contributed by atoms with van der Waals surface area (Å²) < 4.78 is 31.4. The van der Waals surface area contributed by atoms with Crippen molar-refractivity contribution in [2.24, 2.45) is 0 Å². The molecular formula is C19H23N5O5S. The van der Waals surface area contributed by atoms with Crippen LogP contribution in [0.25, 0.3) is 0 Å². The van der Waals surface area contributed by atoms with Gasteiger partial charge in [-0.25, -0.2) is 13.2 Å². The van der Waals surface area contributed by atoms with Crippen LogP contribution < -0.4 is 10.6 Å². The molecule has 160 valence electrons. The van der Waals surface area contributed by atoms with Gasteiger partial charge in [0, 0.05) is 57.1 Å². The van der Waals surface area contributed by atoms with Crippen molar-refractivity contribution in [1.29, 1.82) is 0 Å². The summed E-state index contributed by atoms with van der Waals surface area (Å²) in [4.78, 5) is 29.6. The molecule has 0 unspecified atom stereocenters. The zero-order chi connectivity index (χ0) is 21.6. The van der Waals surface area contributed by atoms with Gasteiger partial charge in [0.25, 0.3) is 0 Å². The number of carbonyl (C=O) groups excluding carboxylic acids is 2. The van der Waals surface area contributed by atoms with Gasteiger partial charge in [0.05, 0.1) is 0 Å². The van der Waals surface area contributed by atoms with Crippen LogP contribution in [0.3, 0.4) is 0 Å². The predicted octanol–water partition coefficient (Wildman–Crippen LogP) is 1.20. The lowest BCUT2D eigenvalue weighted by Crippen LogP contribution is -2.51. The van der Waals surface area contributed by atoms with Crippen molar-refractivity contribution in [1.82, 2.24) is 14.2 Å². The van der Waals surface area contributed by atoms with Crippen LogP contribution in [0.15, 0.2) is 53.7 Å². The smallest absolute Gasteiger partial charge is 0.321 e. The van der Waals surface area contributed by atoms with E-state index in [0.717, 1.165) is 0 Å². The normalized spacial score (nSPS) is 14.9. The fourth-order valence-electron chi connectivity index (χ4n) is 2.95. The molecule has 1 saturated heterocycles. The Morgan fingerprint density at radius 2 is 1.67 bits per heavy atom. The first-order valence-corrected chi connectivity index (χ1v) is 10.7. The Labute approximate surface area is 174 Å². The van der Waals surface area contributed by atoms with Gasteiger partial charge in [0.1, 0.15) is 11.5 Å². The largest absolute Gasteiger partial charge is 0.375 e. The van der Waals surface area contributed by atoms with Gasteiger partial charge in [-0.15, -0.1) is 0 Å². The average molecular weight is 433 g/mol. The van der Waals surface area contributed by atoms with E-state index in [1.54, 1.807) is 35.2 Å². The van der Waals surface area contributed by atoms with E-state index < -0.39 is 10.0 Å². The molecule has 0 saturated carbocycles. The molecule has 3 amide bonds. The minimum Gasteiger partial charge on any atom is -0.375 e. The number of methoxy groups -OCH3 is 1. The lowest BCUT2D eigenvalue weighted by atomic mass is 10.2. The number of carbonyl (C=O) groups is 2. The number of pyridine rings is 1. The van der Waals surface area contributed by atoms with Crippen LogP contribution in [0, 0.1) is 0 Å². The minimum absolute atomic E-state index is 0.0407. The summed E-state index contributed by atoms with van der Waals surface area (Å²) in [7, 11) is -2.18. The highest BCUT2D eigenvalue weighted by atomic mass is 32.2. The molecule has 30 heavy (non-hydrogen) atoms. The third-order valence-electron chi connectivity index (χ3n) is 4.49. The Hall–Kier alpha value is -3.02. The van der Waals surface area contributed by atoms with Crippen molar-refractivity contribution in [3.8, 4) is 0 Å². The molecule has 1 aliphatic heterocycles. The molecule has 1 aliphatic rings. The Morgan fingerprint density at radius 1 is 1.03 bits per heavy atom. The Morgan fingerprint density at radius 3 is 2.23 bits per heavy atom. The van der Waals surface area contributed by atoms with Gasteiger partial charge in [0.15, 0.2) is 0 Å². The van der Waals surface area contributed by atoms with Crippen molar-refractivity contribution in [2.75, 3.05) is 50.5 Å². The molecular weight excluding hydrogens is 410 g/mol. The molecule has 1 fully saturated rings. The first kappa shape index (κ1) is 21.7. The first-order valence-electron chi connectivity index (χ1n) is 9.25. The van der Waals surface area contributed by atoms with E-state index >= 15 is 0 Å². The second kappa shape index (κ2) is 9.65. The number of aromatic nitrogens is 1. The molecule has 11 heteroatoms. The Kier molecular flexibility index (Phi) is 6.98. The van der Waals surface area contributed by atoms with E-state index in [2.05, 4.69) is 15.6 Å². The fourth-order valence-corrected chi connectivity index (χ4v) is 4.33. The van der Waals surface area contributed by atoms with Crippen LogP contribution in [-0.4, -0.2) is 74.4 Å². The average Bonchev–Trinajstić information content (AvgIpc) is 2.76. The van der Waals surface area contributed by atoms with Gasteiger partial charge in [-0.05, 0) is 36.4 Å². The van der Waals surface area contributed by atoms with Crippen LogP contribution >= 0.6 is 0 Å². The van der Waals surface area contributed by atoms with Crippen LogP contribution in [0.1, 0.15) is 0 Å². The van der Waals surface area contributed by atoms with Gasteiger partial charge >= 0.3 is 6.03 Å². The molecule has 3 rings (SSSR count). The molecule has 10 nitrogen and oxygen atoms in total. The van der Waals surface area contributed by atoms with Crippen LogP contribution in [0.2, 0.25) is 0 Å². The zero-order valence-corrected chi connectivity index (χ0v) is 17.3. The third kappa shape index (κ3) is 5.32. The summed E-state index contributed by atoms with van der Waals surface area (Å²) in [5, 5.41) is 5.44. The van der Waals surface area contributed by atoms with Crippen LogP contribution in [-0.2, 0) is 19.6 Å². The first-order chi connectivity index (χ1) is 14.4. The summed E-state index contributed by atoms with van der Waals surface area (Å²) in [5.41, 5.74) is 1.15. The molecule has 0 spiro atoms. The number of benzene rings is 1. The summed E-state index contributed by atoms with van der Waals surface area (Å²) in [6, 6.07) is 9.44. The number of amides is 3. The van der Waals surface area contributed by atoms with Gasteiger partial charge in [-0.2, -0.15) is 4.31 Å². The highest BCUT2D eigenvalue weighted by molar-refractivity contribution is 7.89. The molecule has 2 N–H and O–H groups in total. The number of sulfonamides is 1. The van der Waals surface area contributed by atoms with Crippen molar-refractivity contribution in [3.05, 3.63) is 48.8 Å². The number of hydrogen-bond donors (Lipinski definition) is 2. The summed E-state index contributed by atoms with van der Waals surface area (Å²) in [6.07, 6.45) is 2.83. The third-order valence-corrected chi connectivity index (χ3v) is 6.38. The van der Waals surface area contributed by atoms with E-state index in [1.807, 2.05) is 0 Å². The lowest BCUT2D eigenvalue weighted by Gasteiger charge is -2.33. The highest BCUT2D eigenvalue weighted by Gasteiger charge is 2.30. The monoisotopic (exact) mass is 433 g/mol. The molecule has 2 heterocycles. The number of piperazine rings is 1. The van der Waals surface area contributed by atoms with Crippen LogP contribution in [0.5, 0.6) is 0 Å². The summed E-state index contributed by atoms with van der Waals surface area (Å²) >= 11 is 0. The van der Waals surface area contributed by atoms with E-state index in [0.29, 0.717) is 11.4 Å². The second-order valence-electron chi connectivity index (χ2n) is 6.57. The van der Waals surface area contributed by atoms with Gasteiger partial charge in [-0.1, -0.05) is 0 Å². The quantitative estimate of drug-likeness (QED) is 0.706. The van der Waals surface area contributed by atoms with Crippen LogP contribution in [0.4, 0.5) is 16.2 Å². The fraction of sp³-hybridized carbons (Fsp3) is 0.316. The molecule has 0 bridgehead atoms. The van der Waals surface area contributed by atoms with Crippen molar-refractivity contribution >= 4 is 33.3 Å². The maximum atomic E-state index is 12.6. The SMILES string of the molecule is COCC(=O)Nc1ccc(NC(=O)N2CCN(S(=O)(=O)c3cccnc3)CC2)cc1. The Balaban J connectivity index is 1.52. The number of urea groups is 1. The Bertz CT molecular complexity index is 974. The van der Waals surface area contributed by atoms with Gasteiger partial charge in [0.2, 0.25) is 15.9 Å². The summed E-state index contributed by atoms with van der Waals surface area (Å²) in [6.45, 7) is 0.915. The van der Waals surface area contributed by atoms with E-state index in [9.17, 15) is 18.0 Å². The van der Waals surface area contributed by atoms with Crippen molar-refractivity contribution < 1.29 is 22.7 Å². The lowest BCUT2D eigenvalue weighted by molar-refractivity contribution is -0.119. The number of rotatable bonds is 6. The number of nitrogens with zero attached hydrogens (tertiary/aromatic N) is 3. The van der Waals surface area contributed by atoms with Gasteiger partial charge < -0.3 is 20.3 Å². The number of nitrogens with one attached hydrogen (secondary N) is 2. The molecule has 2 aromatic rings. The van der Waals surface area contributed by atoms with Crippen molar-refractivity contribution in [2.45, 2.75) is 4.90 Å². The molecule has 1 aromatic carbocycles. The van der Waals surface area contributed by atoms with E-state index in [1.165, 1.54) is 29.9 Å². The molecule has 0 aliphatic carbocycles. The molecule has 1 aromatic heterocycles. The summed E-state index contributed by atoms with van der Waals surface area (Å²) in [5.74, 6) is -0.270. The zero-order valence-electron chi connectivity index (χ0n) is 16.4. The second-order valence-corrected chi connectivity index (χ2v) is 8.51. The molecule has 0 radical (unpaired) electrons.